The van der Waals surface area contributed by atoms with Crippen LogP contribution in [0.3, 0.4) is 0 Å². The van der Waals surface area contributed by atoms with Gasteiger partial charge in [0, 0.05) is 10.7 Å². The van der Waals surface area contributed by atoms with E-state index in [1.807, 2.05) is 26.0 Å². The molecule has 140 valence electrons. The van der Waals surface area contributed by atoms with Gasteiger partial charge in [0.2, 0.25) is 15.9 Å². The highest BCUT2D eigenvalue weighted by Gasteiger charge is 2.25. The van der Waals surface area contributed by atoms with Crippen LogP contribution < -0.4 is 14.8 Å². The predicted molar refractivity (Wildman–Crippen MR) is 102 cm³/mol. The van der Waals surface area contributed by atoms with Gasteiger partial charge < -0.3 is 10.1 Å². The summed E-state index contributed by atoms with van der Waals surface area (Å²) in [6, 6.07) is 8.84. The number of carbonyl (C=O) groups is 1. The summed E-state index contributed by atoms with van der Waals surface area (Å²) in [5, 5.41) is 2.98. The molecule has 0 aromatic heterocycles. The molecule has 0 saturated carbocycles. The summed E-state index contributed by atoms with van der Waals surface area (Å²) in [4.78, 5) is 12.3. The molecule has 0 bridgehead atoms. The van der Waals surface area contributed by atoms with Crippen LogP contribution in [-0.2, 0) is 14.8 Å². The zero-order valence-electron chi connectivity index (χ0n) is 15.0. The molecule has 0 unspecified atom stereocenters. The smallest absolute Gasteiger partial charge is 0.245 e. The lowest BCUT2D eigenvalue weighted by atomic mass is 10.1. The Labute approximate surface area is 158 Å². The van der Waals surface area contributed by atoms with Gasteiger partial charge in [-0.3, -0.25) is 4.79 Å². The number of nitrogens with one attached hydrogen (secondary N) is 2. The van der Waals surface area contributed by atoms with Crippen LogP contribution in [0.2, 0.25) is 5.02 Å². The number of sulfonamides is 1. The molecule has 0 aliphatic rings. The minimum atomic E-state index is -4.00. The Morgan fingerprint density at radius 1 is 1.15 bits per heavy atom. The van der Waals surface area contributed by atoms with E-state index in [9.17, 15) is 13.2 Å². The number of hydrogen-bond donors (Lipinski definition) is 2. The van der Waals surface area contributed by atoms with E-state index in [-0.39, 0.29) is 15.7 Å². The predicted octanol–water partition coefficient (Wildman–Crippen LogP) is 3.27. The van der Waals surface area contributed by atoms with Crippen molar-refractivity contribution in [2.45, 2.75) is 31.7 Å². The molecule has 26 heavy (non-hydrogen) atoms. The minimum absolute atomic E-state index is 0.126. The Morgan fingerprint density at radius 2 is 1.85 bits per heavy atom. The molecule has 0 fully saturated rings. The van der Waals surface area contributed by atoms with Crippen molar-refractivity contribution in [1.82, 2.24) is 4.72 Å². The Morgan fingerprint density at radius 3 is 2.46 bits per heavy atom. The van der Waals surface area contributed by atoms with E-state index < -0.39 is 22.0 Å². The summed E-state index contributed by atoms with van der Waals surface area (Å²) in [6.45, 7) is 5.29. The number of rotatable bonds is 6. The maximum atomic E-state index is 12.6. The third-order valence-electron chi connectivity index (χ3n) is 3.78. The van der Waals surface area contributed by atoms with Crippen molar-refractivity contribution in [2.24, 2.45) is 0 Å². The fourth-order valence-corrected chi connectivity index (χ4v) is 4.04. The van der Waals surface area contributed by atoms with Crippen molar-refractivity contribution in [3.05, 3.63) is 52.5 Å². The van der Waals surface area contributed by atoms with E-state index in [1.165, 1.54) is 32.2 Å². The highest BCUT2D eigenvalue weighted by atomic mass is 35.5. The van der Waals surface area contributed by atoms with E-state index in [2.05, 4.69) is 10.0 Å². The highest BCUT2D eigenvalue weighted by molar-refractivity contribution is 7.89. The van der Waals surface area contributed by atoms with Crippen LogP contribution in [-0.4, -0.2) is 27.5 Å². The molecule has 2 rings (SSSR count). The van der Waals surface area contributed by atoms with Gasteiger partial charge in [-0.1, -0.05) is 29.3 Å². The lowest BCUT2D eigenvalue weighted by molar-refractivity contribution is -0.117. The summed E-state index contributed by atoms with van der Waals surface area (Å²) in [6.07, 6.45) is 0. The number of amides is 1. The quantitative estimate of drug-likeness (QED) is 0.784. The first kappa shape index (κ1) is 20.2. The first-order chi connectivity index (χ1) is 12.1. The molecule has 1 amide bonds. The third kappa shape index (κ3) is 4.75. The number of aryl methyl sites for hydroxylation is 2. The van der Waals surface area contributed by atoms with E-state index in [0.717, 1.165) is 11.1 Å². The second kappa shape index (κ2) is 8.07. The number of anilines is 1. The van der Waals surface area contributed by atoms with Crippen molar-refractivity contribution in [3.63, 3.8) is 0 Å². The van der Waals surface area contributed by atoms with Crippen molar-refractivity contribution in [1.29, 1.82) is 0 Å². The maximum Gasteiger partial charge on any atom is 0.245 e. The Kier molecular flexibility index (Phi) is 6.28. The second-order valence-electron chi connectivity index (χ2n) is 5.95. The van der Waals surface area contributed by atoms with Crippen molar-refractivity contribution >= 4 is 33.2 Å². The molecular weight excluding hydrogens is 376 g/mol. The van der Waals surface area contributed by atoms with E-state index >= 15 is 0 Å². The topological polar surface area (TPSA) is 84.5 Å². The first-order valence-corrected chi connectivity index (χ1v) is 9.74. The molecule has 1 atom stereocenters. The van der Waals surface area contributed by atoms with Crippen LogP contribution in [0.1, 0.15) is 18.1 Å². The molecular formula is C18H21ClN2O4S. The van der Waals surface area contributed by atoms with Gasteiger partial charge in [0.05, 0.1) is 13.2 Å². The number of hydrogen-bond acceptors (Lipinski definition) is 4. The van der Waals surface area contributed by atoms with Crippen LogP contribution in [0.5, 0.6) is 5.75 Å². The SMILES string of the molecule is COc1ccc(Cl)cc1S(=O)(=O)N[C@H](C)C(=O)Nc1ccc(C)cc1C. The maximum absolute atomic E-state index is 12.6. The summed E-state index contributed by atoms with van der Waals surface area (Å²) in [7, 11) is -2.64. The van der Waals surface area contributed by atoms with Gasteiger partial charge in [0.25, 0.3) is 0 Å². The van der Waals surface area contributed by atoms with Gasteiger partial charge in [-0.2, -0.15) is 4.72 Å². The zero-order valence-corrected chi connectivity index (χ0v) is 16.5. The number of benzene rings is 2. The average molecular weight is 397 g/mol. The summed E-state index contributed by atoms with van der Waals surface area (Å²) in [5.41, 5.74) is 2.60. The number of carbonyl (C=O) groups excluding carboxylic acids is 1. The average Bonchev–Trinajstić information content (AvgIpc) is 2.56. The van der Waals surface area contributed by atoms with Gasteiger partial charge in [-0.05, 0) is 50.6 Å². The van der Waals surface area contributed by atoms with Gasteiger partial charge in [-0.25, -0.2) is 8.42 Å². The largest absolute Gasteiger partial charge is 0.495 e. The summed E-state index contributed by atoms with van der Waals surface area (Å²) < 4.78 is 32.6. The zero-order chi connectivity index (χ0) is 19.5. The van der Waals surface area contributed by atoms with E-state index in [4.69, 9.17) is 16.3 Å². The Balaban J connectivity index is 2.18. The molecule has 2 N–H and O–H groups in total. The van der Waals surface area contributed by atoms with Crippen LogP contribution >= 0.6 is 11.6 Å². The molecule has 0 aliphatic carbocycles. The highest BCUT2D eigenvalue weighted by Crippen LogP contribution is 2.27. The van der Waals surface area contributed by atoms with Crippen LogP contribution in [0.4, 0.5) is 5.69 Å². The number of halogens is 1. The monoisotopic (exact) mass is 396 g/mol. The lowest BCUT2D eigenvalue weighted by Gasteiger charge is -2.17. The van der Waals surface area contributed by atoms with Crippen molar-refractivity contribution in [3.8, 4) is 5.75 Å². The second-order valence-corrected chi connectivity index (χ2v) is 8.06. The molecule has 0 radical (unpaired) electrons. The van der Waals surface area contributed by atoms with Gasteiger partial charge in [0.15, 0.2) is 0 Å². The molecule has 6 nitrogen and oxygen atoms in total. The molecule has 0 saturated heterocycles. The molecule has 2 aromatic carbocycles. The molecule has 2 aromatic rings. The lowest BCUT2D eigenvalue weighted by Crippen LogP contribution is -2.41. The van der Waals surface area contributed by atoms with E-state index in [1.54, 1.807) is 6.07 Å². The van der Waals surface area contributed by atoms with Crippen LogP contribution in [0, 0.1) is 13.8 Å². The van der Waals surface area contributed by atoms with E-state index in [0.29, 0.717) is 5.69 Å². The Hall–Kier alpha value is -2.09. The Bertz CT molecular complexity index is 929. The minimum Gasteiger partial charge on any atom is -0.495 e. The van der Waals surface area contributed by atoms with Crippen LogP contribution in [0.15, 0.2) is 41.3 Å². The number of ether oxygens (including phenoxy) is 1. The normalized spacial score (nSPS) is 12.5. The fourth-order valence-electron chi connectivity index (χ4n) is 2.41. The standard InChI is InChI=1S/C18H21ClN2O4S/c1-11-5-7-15(12(2)9-11)20-18(22)13(3)21-26(23,24)17-10-14(19)6-8-16(17)25-4/h5-10,13,21H,1-4H3,(H,20,22)/t13-/m1/s1. The molecule has 0 aliphatic heterocycles. The van der Waals surface area contributed by atoms with Crippen molar-refractivity contribution in [2.75, 3.05) is 12.4 Å². The van der Waals surface area contributed by atoms with Crippen LogP contribution in [0.25, 0.3) is 0 Å². The fraction of sp³-hybridized carbons (Fsp3) is 0.278. The summed E-state index contributed by atoms with van der Waals surface area (Å²) in [5.74, 6) is -0.328. The number of methoxy groups -OCH3 is 1. The van der Waals surface area contributed by atoms with Crippen molar-refractivity contribution < 1.29 is 17.9 Å². The molecule has 0 spiro atoms. The summed E-state index contributed by atoms with van der Waals surface area (Å²) >= 11 is 5.89. The molecule has 0 heterocycles. The third-order valence-corrected chi connectivity index (χ3v) is 5.58. The molecule has 8 heteroatoms. The van der Waals surface area contributed by atoms with Gasteiger partial charge in [0.1, 0.15) is 10.6 Å². The first-order valence-electron chi connectivity index (χ1n) is 7.88. The van der Waals surface area contributed by atoms with Gasteiger partial charge >= 0.3 is 0 Å². The van der Waals surface area contributed by atoms with Gasteiger partial charge in [-0.15, -0.1) is 0 Å².